The van der Waals surface area contributed by atoms with E-state index >= 15 is 0 Å². The first-order chi connectivity index (χ1) is 19.4. The van der Waals surface area contributed by atoms with Gasteiger partial charge in [-0.25, -0.2) is 4.79 Å². The molecule has 232 valence electrons. The van der Waals surface area contributed by atoms with Crippen molar-refractivity contribution in [2.75, 3.05) is 6.54 Å². The second-order valence-corrected chi connectivity index (χ2v) is 13.3. The summed E-state index contributed by atoms with van der Waals surface area (Å²) in [6.07, 6.45) is 11.6. The molecule has 3 amide bonds. The van der Waals surface area contributed by atoms with E-state index in [1.54, 1.807) is 25.7 Å². The molecule has 0 aliphatic heterocycles. The molecule has 7 nitrogen and oxygen atoms in total. The number of carbonyl (C=O) groups excluding carboxylic acids is 3. The van der Waals surface area contributed by atoms with E-state index in [-0.39, 0.29) is 23.8 Å². The number of unbranched alkanes of at least 4 members (excludes halogenated alkanes) is 5. The maximum atomic E-state index is 14.4. The van der Waals surface area contributed by atoms with Crippen LogP contribution in [-0.4, -0.2) is 47.0 Å². The molecule has 0 radical (unpaired) electrons. The molecule has 1 aromatic rings. The van der Waals surface area contributed by atoms with Gasteiger partial charge < -0.3 is 20.3 Å². The van der Waals surface area contributed by atoms with E-state index in [0.29, 0.717) is 13.0 Å². The van der Waals surface area contributed by atoms with Crippen LogP contribution < -0.4 is 10.6 Å². The first kappa shape index (κ1) is 34.6. The maximum Gasteiger partial charge on any atom is 0.408 e. The number of rotatable bonds is 15. The number of ether oxygens (including phenoxy) is 1. The molecular weight excluding hydrogens is 514 g/mol. The summed E-state index contributed by atoms with van der Waals surface area (Å²) in [6.45, 7) is 14.1. The van der Waals surface area contributed by atoms with E-state index in [9.17, 15) is 14.4 Å². The minimum absolute atomic E-state index is 0.126. The van der Waals surface area contributed by atoms with Crippen LogP contribution in [0.4, 0.5) is 4.79 Å². The predicted octanol–water partition coefficient (Wildman–Crippen LogP) is 7.61. The van der Waals surface area contributed by atoms with Crippen LogP contribution in [0.25, 0.3) is 0 Å². The highest BCUT2D eigenvalue weighted by atomic mass is 16.6. The number of nitrogens with one attached hydrogen (secondary N) is 2. The zero-order valence-electron chi connectivity index (χ0n) is 26.9. The summed E-state index contributed by atoms with van der Waals surface area (Å²) in [7, 11) is 0. The highest BCUT2D eigenvalue weighted by Crippen LogP contribution is 2.27. The third-order valence-corrected chi connectivity index (χ3v) is 7.60. The molecule has 1 fully saturated rings. The van der Waals surface area contributed by atoms with Crippen molar-refractivity contribution < 1.29 is 19.1 Å². The predicted molar refractivity (Wildman–Crippen MR) is 167 cm³/mol. The number of hydrogen-bond donors (Lipinski definition) is 2. The van der Waals surface area contributed by atoms with Crippen molar-refractivity contribution in [2.45, 2.75) is 149 Å². The van der Waals surface area contributed by atoms with Crippen LogP contribution in [0.5, 0.6) is 0 Å². The Bertz CT molecular complexity index is 950. The summed E-state index contributed by atoms with van der Waals surface area (Å²) in [5, 5.41) is 6.15. The van der Waals surface area contributed by atoms with Crippen LogP contribution in [0, 0.1) is 12.8 Å². The first-order valence-electron chi connectivity index (χ1n) is 16.1. The minimum atomic E-state index is -0.792. The van der Waals surface area contributed by atoms with Crippen LogP contribution in [0.3, 0.4) is 0 Å². The van der Waals surface area contributed by atoms with Gasteiger partial charge in [0.05, 0.1) is 0 Å². The Kier molecular flexibility index (Phi) is 14.7. The molecule has 2 N–H and O–H groups in total. The van der Waals surface area contributed by atoms with E-state index in [1.165, 1.54) is 25.7 Å². The van der Waals surface area contributed by atoms with Gasteiger partial charge in [-0.3, -0.25) is 9.59 Å². The van der Waals surface area contributed by atoms with Crippen LogP contribution >= 0.6 is 0 Å². The second-order valence-electron chi connectivity index (χ2n) is 13.3. The molecule has 0 spiro atoms. The largest absolute Gasteiger partial charge is 0.444 e. The molecule has 0 saturated heterocycles. The third-order valence-electron chi connectivity index (χ3n) is 7.60. The molecule has 2 rings (SSSR count). The minimum Gasteiger partial charge on any atom is -0.444 e. The van der Waals surface area contributed by atoms with Crippen molar-refractivity contribution in [1.29, 1.82) is 0 Å². The van der Waals surface area contributed by atoms with Gasteiger partial charge in [-0.2, -0.15) is 0 Å². The Hall–Kier alpha value is -2.57. The summed E-state index contributed by atoms with van der Waals surface area (Å²) in [6, 6.07) is 6.47. The van der Waals surface area contributed by atoms with Gasteiger partial charge in [-0.05, 0) is 64.9 Å². The van der Waals surface area contributed by atoms with Crippen molar-refractivity contribution >= 4 is 17.9 Å². The van der Waals surface area contributed by atoms with Crippen molar-refractivity contribution in [3.63, 3.8) is 0 Å². The van der Waals surface area contributed by atoms with Gasteiger partial charge in [-0.15, -0.1) is 0 Å². The van der Waals surface area contributed by atoms with Gasteiger partial charge in [0.25, 0.3) is 0 Å². The summed E-state index contributed by atoms with van der Waals surface area (Å²) >= 11 is 0. The fraction of sp³-hybridized carbons (Fsp3) is 0.735. The molecular formula is C34H57N3O4. The number of hydrogen-bond acceptors (Lipinski definition) is 4. The maximum absolute atomic E-state index is 14.4. The van der Waals surface area contributed by atoms with Gasteiger partial charge >= 0.3 is 6.09 Å². The number of amides is 3. The van der Waals surface area contributed by atoms with Crippen LogP contribution in [-0.2, 0) is 14.3 Å². The lowest BCUT2D eigenvalue weighted by Gasteiger charge is -2.36. The molecule has 1 aromatic carbocycles. The number of nitrogens with zero attached hydrogens (tertiary/aromatic N) is 1. The van der Waals surface area contributed by atoms with Gasteiger partial charge in [0.1, 0.15) is 17.7 Å². The van der Waals surface area contributed by atoms with Crippen LogP contribution in [0.2, 0.25) is 0 Å². The quantitative estimate of drug-likeness (QED) is 0.212. The van der Waals surface area contributed by atoms with Crippen molar-refractivity contribution in [2.24, 2.45) is 5.92 Å². The lowest BCUT2D eigenvalue weighted by molar-refractivity contribution is -0.143. The van der Waals surface area contributed by atoms with E-state index in [4.69, 9.17) is 4.74 Å². The number of carbonyl (C=O) groups is 3. The Labute approximate surface area is 249 Å². The average Bonchev–Trinajstić information content (AvgIpc) is 2.88. The Morgan fingerprint density at radius 1 is 1.00 bits per heavy atom. The standard InChI is InChI=1S/C34H57N3O4/c1-8-9-10-11-12-16-22-37(32(39)29(23-25(2)3)36-33(40)41-34(5,6)7)30(27-19-17-18-26(4)24-27)31(38)35-28-20-14-13-15-21-28/h17-19,24-25,28-30H,8-16,20-23H2,1-7H3,(H,35,38)(H,36,40). The molecule has 2 unspecified atom stereocenters. The van der Waals surface area contributed by atoms with Crippen molar-refractivity contribution in [3.05, 3.63) is 35.4 Å². The van der Waals surface area contributed by atoms with E-state index in [0.717, 1.165) is 56.1 Å². The Morgan fingerprint density at radius 3 is 2.27 bits per heavy atom. The van der Waals surface area contributed by atoms with Gasteiger partial charge in [-0.1, -0.05) is 102 Å². The molecule has 0 bridgehead atoms. The molecule has 7 heteroatoms. The first-order valence-corrected chi connectivity index (χ1v) is 16.1. The van der Waals surface area contributed by atoms with E-state index in [1.807, 2.05) is 45.0 Å². The SMILES string of the molecule is CCCCCCCCN(C(=O)C(CC(C)C)NC(=O)OC(C)(C)C)C(C(=O)NC1CCCCC1)c1cccc(C)c1. The summed E-state index contributed by atoms with van der Waals surface area (Å²) in [5.41, 5.74) is 1.16. The molecule has 1 aliphatic carbocycles. The smallest absolute Gasteiger partial charge is 0.408 e. The van der Waals surface area contributed by atoms with E-state index in [2.05, 4.69) is 17.6 Å². The highest BCUT2D eigenvalue weighted by Gasteiger charge is 2.37. The van der Waals surface area contributed by atoms with Crippen molar-refractivity contribution in [3.8, 4) is 0 Å². The zero-order valence-corrected chi connectivity index (χ0v) is 26.9. The number of aryl methyl sites for hydroxylation is 1. The lowest BCUT2D eigenvalue weighted by atomic mass is 9.94. The third kappa shape index (κ3) is 12.9. The lowest BCUT2D eigenvalue weighted by Crippen LogP contribution is -2.54. The summed E-state index contributed by atoms with van der Waals surface area (Å²) in [5.74, 6) is -0.214. The molecule has 41 heavy (non-hydrogen) atoms. The fourth-order valence-electron chi connectivity index (χ4n) is 5.61. The molecule has 2 atom stereocenters. The molecule has 1 saturated carbocycles. The number of alkyl carbamates (subject to hydrolysis) is 1. The van der Waals surface area contributed by atoms with Gasteiger partial charge in [0, 0.05) is 12.6 Å². The Balaban J connectivity index is 2.43. The van der Waals surface area contributed by atoms with E-state index < -0.39 is 23.8 Å². The Morgan fingerprint density at radius 2 is 1.66 bits per heavy atom. The number of benzene rings is 1. The van der Waals surface area contributed by atoms with Gasteiger partial charge in [0.15, 0.2) is 0 Å². The van der Waals surface area contributed by atoms with Crippen LogP contribution in [0.15, 0.2) is 24.3 Å². The van der Waals surface area contributed by atoms with Crippen LogP contribution in [0.1, 0.15) is 136 Å². The molecule has 0 heterocycles. The topological polar surface area (TPSA) is 87.7 Å². The molecule has 1 aliphatic rings. The average molecular weight is 572 g/mol. The monoisotopic (exact) mass is 571 g/mol. The summed E-state index contributed by atoms with van der Waals surface area (Å²) in [4.78, 5) is 43.1. The fourth-order valence-corrected chi connectivity index (χ4v) is 5.61. The van der Waals surface area contributed by atoms with Gasteiger partial charge in [0.2, 0.25) is 11.8 Å². The second kappa shape index (κ2) is 17.4. The highest BCUT2D eigenvalue weighted by molar-refractivity contribution is 5.92. The zero-order chi connectivity index (χ0) is 30.4. The summed E-state index contributed by atoms with van der Waals surface area (Å²) < 4.78 is 5.52. The molecule has 0 aromatic heterocycles. The van der Waals surface area contributed by atoms with Crippen molar-refractivity contribution in [1.82, 2.24) is 15.5 Å². The normalized spacial score (nSPS) is 15.7.